The van der Waals surface area contributed by atoms with E-state index >= 15 is 0 Å². The van der Waals surface area contributed by atoms with Gasteiger partial charge in [-0.2, -0.15) is 0 Å². The number of thiocarbonyl (C=S) groups is 1. The number of anilines is 1. The molecule has 0 saturated carbocycles. The summed E-state index contributed by atoms with van der Waals surface area (Å²) in [7, 11) is 4.58. The van der Waals surface area contributed by atoms with Crippen LogP contribution in [-0.2, 0) is 9.53 Å². The minimum absolute atomic E-state index is 0.242. The second kappa shape index (κ2) is 6.15. The molecule has 1 aliphatic heterocycles. The SMILES string of the molecule is CO/C=C1/SC(=S)N(c2cc(OC)ccc2OC)C1=O. The van der Waals surface area contributed by atoms with Crippen LogP contribution in [0.15, 0.2) is 29.4 Å². The molecule has 7 heteroatoms. The van der Waals surface area contributed by atoms with Gasteiger partial charge in [-0.25, -0.2) is 0 Å². The maximum absolute atomic E-state index is 12.3. The van der Waals surface area contributed by atoms with Crippen LogP contribution in [-0.4, -0.2) is 31.6 Å². The van der Waals surface area contributed by atoms with E-state index < -0.39 is 0 Å². The number of ether oxygens (including phenoxy) is 3. The predicted octanol–water partition coefficient (Wildman–Crippen LogP) is 2.56. The molecule has 1 fully saturated rings. The lowest BCUT2D eigenvalue weighted by Crippen LogP contribution is -2.28. The fourth-order valence-electron chi connectivity index (χ4n) is 1.74. The first-order valence-electron chi connectivity index (χ1n) is 5.63. The van der Waals surface area contributed by atoms with Crippen LogP contribution in [0.3, 0.4) is 0 Å². The molecule has 0 unspecified atom stereocenters. The third-order valence-corrected chi connectivity index (χ3v) is 3.93. The zero-order chi connectivity index (χ0) is 14.7. The highest BCUT2D eigenvalue weighted by molar-refractivity contribution is 8.27. The van der Waals surface area contributed by atoms with Crippen LogP contribution >= 0.6 is 24.0 Å². The highest BCUT2D eigenvalue weighted by Crippen LogP contribution is 2.40. The van der Waals surface area contributed by atoms with Crippen molar-refractivity contribution < 1.29 is 19.0 Å². The van der Waals surface area contributed by atoms with Crippen LogP contribution < -0.4 is 14.4 Å². The van der Waals surface area contributed by atoms with Crippen LogP contribution in [0.2, 0.25) is 0 Å². The molecule has 0 bridgehead atoms. The number of hydrogen-bond acceptors (Lipinski definition) is 6. The monoisotopic (exact) mass is 311 g/mol. The summed E-state index contributed by atoms with van der Waals surface area (Å²) in [4.78, 5) is 14.2. The van der Waals surface area contributed by atoms with E-state index in [1.54, 1.807) is 25.3 Å². The normalized spacial score (nSPS) is 16.8. The van der Waals surface area contributed by atoms with Gasteiger partial charge < -0.3 is 14.2 Å². The van der Waals surface area contributed by atoms with Gasteiger partial charge in [-0.1, -0.05) is 24.0 Å². The Morgan fingerprint density at radius 2 is 2.00 bits per heavy atom. The number of amides is 1. The van der Waals surface area contributed by atoms with E-state index in [9.17, 15) is 4.79 Å². The number of rotatable bonds is 4. The van der Waals surface area contributed by atoms with Crippen LogP contribution in [0.25, 0.3) is 0 Å². The van der Waals surface area contributed by atoms with Crippen molar-refractivity contribution in [2.45, 2.75) is 0 Å². The molecule has 0 aromatic heterocycles. The Morgan fingerprint density at radius 1 is 1.25 bits per heavy atom. The molecule has 1 aliphatic rings. The van der Waals surface area contributed by atoms with Crippen molar-refractivity contribution in [1.29, 1.82) is 0 Å². The summed E-state index contributed by atoms with van der Waals surface area (Å²) < 4.78 is 15.8. The van der Waals surface area contributed by atoms with Crippen molar-refractivity contribution in [3.8, 4) is 11.5 Å². The molecule has 1 saturated heterocycles. The topological polar surface area (TPSA) is 48.0 Å². The summed E-state index contributed by atoms with van der Waals surface area (Å²) in [6, 6.07) is 5.19. The number of benzene rings is 1. The largest absolute Gasteiger partial charge is 0.503 e. The number of hydrogen-bond donors (Lipinski definition) is 0. The van der Waals surface area contributed by atoms with E-state index in [1.807, 2.05) is 0 Å². The molecule has 2 rings (SSSR count). The molecule has 1 aromatic rings. The van der Waals surface area contributed by atoms with Crippen molar-refractivity contribution in [2.24, 2.45) is 0 Å². The second-order valence-corrected chi connectivity index (χ2v) is 5.44. The summed E-state index contributed by atoms with van der Waals surface area (Å²) in [6.07, 6.45) is 1.38. The Balaban J connectivity index is 2.47. The first-order chi connectivity index (χ1) is 9.62. The number of methoxy groups -OCH3 is 3. The molecular weight excluding hydrogens is 298 g/mol. The highest BCUT2D eigenvalue weighted by Gasteiger charge is 2.35. The Morgan fingerprint density at radius 3 is 2.60 bits per heavy atom. The van der Waals surface area contributed by atoms with Gasteiger partial charge in [0, 0.05) is 6.07 Å². The van der Waals surface area contributed by atoms with Crippen molar-refractivity contribution in [1.82, 2.24) is 0 Å². The molecule has 0 aliphatic carbocycles. The van der Waals surface area contributed by atoms with E-state index in [2.05, 4.69) is 0 Å². The second-order valence-electron chi connectivity index (χ2n) is 3.76. The van der Waals surface area contributed by atoms with Gasteiger partial charge in [0.2, 0.25) is 0 Å². The quantitative estimate of drug-likeness (QED) is 0.484. The van der Waals surface area contributed by atoms with Gasteiger partial charge in [0.05, 0.1) is 27.0 Å². The maximum atomic E-state index is 12.3. The molecule has 0 atom stereocenters. The van der Waals surface area contributed by atoms with Crippen molar-refractivity contribution >= 4 is 39.9 Å². The van der Waals surface area contributed by atoms with Crippen molar-refractivity contribution in [3.63, 3.8) is 0 Å². The van der Waals surface area contributed by atoms with Gasteiger partial charge in [-0.15, -0.1) is 0 Å². The van der Waals surface area contributed by atoms with E-state index in [1.165, 1.54) is 37.1 Å². The summed E-state index contributed by atoms with van der Waals surface area (Å²) in [5, 5.41) is 0. The maximum Gasteiger partial charge on any atom is 0.274 e. The Kier molecular flexibility index (Phi) is 4.51. The molecule has 1 aromatic carbocycles. The Bertz CT molecular complexity index is 586. The lowest BCUT2D eigenvalue weighted by Gasteiger charge is -2.18. The van der Waals surface area contributed by atoms with Gasteiger partial charge in [-0.05, 0) is 12.1 Å². The molecule has 5 nitrogen and oxygen atoms in total. The van der Waals surface area contributed by atoms with E-state index in [0.717, 1.165) is 0 Å². The smallest absolute Gasteiger partial charge is 0.274 e. The third-order valence-electron chi connectivity index (χ3n) is 2.65. The Hall–Kier alpha value is -1.73. The molecule has 20 heavy (non-hydrogen) atoms. The summed E-state index contributed by atoms with van der Waals surface area (Å²) >= 11 is 6.43. The van der Waals surface area contributed by atoms with Crippen LogP contribution in [0.4, 0.5) is 5.69 Å². The average Bonchev–Trinajstić information content (AvgIpc) is 2.73. The minimum atomic E-state index is -0.242. The first-order valence-corrected chi connectivity index (χ1v) is 6.86. The molecule has 0 N–H and O–H groups in total. The van der Waals surface area contributed by atoms with Crippen molar-refractivity contribution in [3.05, 3.63) is 29.4 Å². The lowest BCUT2D eigenvalue weighted by molar-refractivity contribution is -0.113. The molecule has 0 radical (unpaired) electrons. The summed E-state index contributed by atoms with van der Waals surface area (Å²) in [5.41, 5.74) is 0.550. The molecule has 106 valence electrons. The van der Waals surface area contributed by atoms with Gasteiger partial charge in [0.1, 0.15) is 22.7 Å². The fourth-order valence-corrected chi connectivity index (χ4v) is 2.97. The molecular formula is C13H13NO4S2. The van der Waals surface area contributed by atoms with Crippen LogP contribution in [0, 0.1) is 0 Å². The predicted molar refractivity (Wildman–Crippen MR) is 82.3 cm³/mol. The van der Waals surface area contributed by atoms with Crippen LogP contribution in [0.1, 0.15) is 0 Å². The van der Waals surface area contributed by atoms with E-state index in [-0.39, 0.29) is 5.91 Å². The number of thioether (sulfide) groups is 1. The zero-order valence-electron chi connectivity index (χ0n) is 11.2. The minimum Gasteiger partial charge on any atom is -0.503 e. The molecule has 1 heterocycles. The van der Waals surface area contributed by atoms with Gasteiger partial charge >= 0.3 is 0 Å². The number of carbonyl (C=O) groups excluding carboxylic acids is 1. The number of nitrogens with zero attached hydrogens (tertiary/aromatic N) is 1. The van der Waals surface area contributed by atoms with Crippen molar-refractivity contribution in [2.75, 3.05) is 26.2 Å². The van der Waals surface area contributed by atoms with Gasteiger partial charge in [0.25, 0.3) is 5.91 Å². The highest BCUT2D eigenvalue weighted by atomic mass is 32.2. The molecule has 0 spiro atoms. The van der Waals surface area contributed by atoms with Crippen LogP contribution in [0.5, 0.6) is 11.5 Å². The first kappa shape index (κ1) is 14.7. The number of carbonyl (C=O) groups is 1. The lowest BCUT2D eigenvalue weighted by atomic mass is 10.2. The van der Waals surface area contributed by atoms with E-state index in [0.29, 0.717) is 26.4 Å². The van der Waals surface area contributed by atoms with Gasteiger partial charge in [0.15, 0.2) is 4.32 Å². The zero-order valence-corrected chi connectivity index (χ0v) is 12.8. The average molecular weight is 311 g/mol. The third kappa shape index (κ3) is 2.59. The fraction of sp³-hybridized carbons (Fsp3) is 0.231. The Labute approximate surface area is 126 Å². The van der Waals surface area contributed by atoms with E-state index in [4.69, 9.17) is 26.4 Å². The summed E-state index contributed by atoms with van der Waals surface area (Å²) in [5.74, 6) is 0.916. The van der Waals surface area contributed by atoms with Gasteiger partial charge in [-0.3, -0.25) is 9.69 Å². The summed E-state index contributed by atoms with van der Waals surface area (Å²) in [6.45, 7) is 0. The standard InChI is InChI=1S/C13H13NO4S2/c1-16-7-11-12(15)14(13(19)20-11)9-6-8(17-2)4-5-10(9)18-3/h4-7H,1-3H3/b11-7+. The molecule has 1 amide bonds.